The van der Waals surface area contributed by atoms with Crippen molar-refractivity contribution in [3.05, 3.63) is 0 Å². The van der Waals surface area contributed by atoms with Crippen molar-refractivity contribution in [2.75, 3.05) is 0 Å². The number of hydrogen-bond donors (Lipinski definition) is 0. The van der Waals surface area contributed by atoms with E-state index in [0.717, 1.165) is 5.92 Å². The van der Waals surface area contributed by atoms with Crippen LogP contribution < -0.4 is 0 Å². The quantitative estimate of drug-likeness (QED) is 0.520. The molecule has 1 aliphatic carbocycles. The molecule has 0 nitrogen and oxygen atoms in total. The van der Waals surface area contributed by atoms with E-state index in [1.165, 1.54) is 64.2 Å². The van der Waals surface area contributed by atoms with E-state index >= 15 is 0 Å². The van der Waals surface area contributed by atoms with Gasteiger partial charge in [0, 0.05) is 0 Å². The lowest BCUT2D eigenvalue weighted by Gasteiger charge is -2.35. The molecular weight excluding hydrogens is 216 g/mol. The van der Waals surface area contributed by atoms with Gasteiger partial charge in [-0.1, -0.05) is 73.1 Å². The summed E-state index contributed by atoms with van der Waals surface area (Å²) in [5.74, 6) is 0.839. The van der Waals surface area contributed by atoms with Gasteiger partial charge >= 0.3 is 0 Å². The number of hydrogen-bond acceptors (Lipinski definition) is 0. The first-order valence-electron chi connectivity index (χ1n) is 8.42. The molecule has 2 unspecified atom stereocenters. The van der Waals surface area contributed by atoms with Crippen LogP contribution in [0.1, 0.15) is 98.8 Å². The van der Waals surface area contributed by atoms with Gasteiger partial charge < -0.3 is 0 Å². The molecule has 0 spiro atoms. The second-order valence-electron chi connectivity index (χ2n) is 7.74. The van der Waals surface area contributed by atoms with E-state index in [2.05, 4.69) is 34.6 Å². The summed E-state index contributed by atoms with van der Waals surface area (Å²) < 4.78 is 0. The molecule has 0 radical (unpaired) electrons. The molecule has 2 atom stereocenters. The van der Waals surface area contributed by atoms with E-state index in [4.69, 9.17) is 0 Å². The van der Waals surface area contributed by atoms with Gasteiger partial charge in [0.25, 0.3) is 0 Å². The van der Waals surface area contributed by atoms with Crippen molar-refractivity contribution < 1.29 is 0 Å². The smallest absolute Gasteiger partial charge is 0.0303 e. The molecule has 0 N–H and O–H groups in total. The average molecular weight is 252 g/mol. The Morgan fingerprint density at radius 2 is 1.28 bits per heavy atom. The van der Waals surface area contributed by atoms with E-state index in [1.807, 2.05) is 0 Å². The minimum absolute atomic E-state index is 0.596. The Bertz CT molecular complexity index is 230. The van der Waals surface area contributed by atoms with Crippen molar-refractivity contribution in [3.63, 3.8) is 0 Å². The second-order valence-corrected chi connectivity index (χ2v) is 7.74. The van der Waals surface area contributed by atoms with Crippen LogP contribution in [0, 0.1) is 16.7 Å². The van der Waals surface area contributed by atoms with Crippen LogP contribution in [0.3, 0.4) is 0 Å². The van der Waals surface area contributed by atoms with Crippen LogP contribution in [0.2, 0.25) is 0 Å². The summed E-state index contributed by atoms with van der Waals surface area (Å²) in [4.78, 5) is 0. The maximum absolute atomic E-state index is 2.54. The summed E-state index contributed by atoms with van der Waals surface area (Å²) in [6.45, 7) is 12.3. The minimum Gasteiger partial charge on any atom is -0.0649 e. The SMILES string of the molecule is CCC1(C)CCCCCCC(C)(C(C)C)CCC1. The van der Waals surface area contributed by atoms with E-state index < -0.39 is 0 Å². The lowest BCUT2D eigenvalue weighted by molar-refractivity contribution is 0.157. The van der Waals surface area contributed by atoms with Gasteiger partial charge in [0.2, 0.25) is 0 Å². The van der Waals surface area contributed by atoms with Crippen LogP contribution in [-0.2, 0) is 0 Å². The molecule has 0 amide bonds. The van der Waals surface area contributed by atoms with Gasteiger partial charge in [0.15, 0.2) is 0 Å². The molecule has 1 saturated carbocycles. The number of rotatable bonds is 2. The molecule has 0 heterocycles. The van der Waals surface area contributed by atoms with Gasteiger partial charge in [-0.15, -0.1) is 0 Å². The molecule has 108 valence electrons. The molecular formula is C18H36. The Morgan fingerprint density at radius 3 is 1.83 bits per heavy atom. The molecule has 1 fully saturated rings. The third kappa shape index (κ3) is 4.59. The highest BCUT2D eigenvalue weighted by atomic mass is 14.3. The first kappa shape index (κ1) is 16.1. The van der Waals surface area contributed by atoms with E-state index in [9.17, 15) is 0 Å². The highest BCUT2D eigenvalue weighted by molar-refractivity contribution is 4.81. The first-order valence-corrected chi connectivity index (χ1v) is 8.42. The molecule has 1 rings (SSSR count). The lowest BCUT2D eigenvalue weighted by Crippen LogP contribution is -2.24. The molecule has 0 heteroatoms. The third-order valence-electron chi connectivity index (χ3n) is 6.05. The predicted molar refractivity (Wildman–Crippen MR) is 82.9 cm³/mol. The van der Waals surface area contributed by atoms with Crippen molar-refractivity contribution >= 4 is 0 Å². The van der Waals surface area contributed by atoms with Crippen LogP contribution in [0.5, 0.6) is 0 Å². The Labute approximate surface area is 116 Å². The Hall–Kier alpha value is 0. The van der Waals surface area contributed by atoms with Gasteiger partial charge in [-0.25, -0.2) is 0 Å². The average Bonchev–Trinajstić information content (AvgIpc) is 2.35. The first-order chi connectivity index (χ1) is 8.42. The highest BCUT2D eigenvalue weighted by Crippen LogP contribution is 2.42. The molecule has 0 aromatic heterocycles. The van der Waals surface area contributed by atoms with Crippen LogP contribution in [0.25, 0.3) is 0 Å². The normalized spacial score (nSPS) is 36.3. The molecule has 0 saturated heterocycles. The molecule has 1 aliphatic rings. The van der Waals surface area contributed by atoms with Crippen molar-refractivity contribution in [3.8, 4) is 0 Å². The molecule has 0 bridgehead atoms. The zero-order valence-electron chi connectivity index (χ0n) is 13.6. The zero-order chi connectivity index (χ0) is 13.6. The fourth-order valence-electron chi connectivity index (χ4n) is 3.53. The monoisotopic (exact) mass is 252 g/mol. The topological polar surface area (TPSA) is 0 Å². The highest BCUT2D eigenvalue weighted by Gasteiger charge is 2.29. The van der Waals surface area contributed by atoms with Gasteiger partial charge in [-0.05, 0) is 42.4 Å². The van der Waals surface area contributed by atoms with Crippen molar-refractivity contribution in [2.45, 2.75) is 98.8 Å². The minimum atomic E-state index is 0.596. The predicted octanol–water partition coefficient (Wildman–Crippen LogP) is 6.59. The largest absolute Gasteiger partial charge is 0.0649 e. The van der Waals surface area contributed by atoms with Crippen LogP contribution in [-0.4, -0.2) is 0 Å². The summed E-state index contributed by atoms with van der Waals surface area (Å²) in [6.07, 6.45) is 14.5. The van der Waals surface area contributed by atoms with Gasteiger partial charge in [-0.3, -0.25) is 0 Å². The molecule has 0 aromatic rings. The third-order valence-corrected chi connectivity index (χ3v) is 6.05. The van der Waals surface area contributed by atoms with Crippen molar-refractivity contribution in [2.24, 2.45) is 16.7 Å². The van der Waals surface area contributed by atoms with Crippen LogP contribution in [0.15, 0.2) is 0 Å². The Balaban J connectivity index is 2.65. The maximum atomic E-state index is 2.54. The summed E-state index contributed by atoms with van der Waals surface area (Å²) in [7, 11) is 0. The van der Waals surface area contributed by atoms with Gasteiger partial charge in [0.05, 0.1) is 0 Å². The molecule has 0 aromatic carbocycles. The summed E-state index contributed by atoms with van der Waals surface area (Å²) in [5.41, 5.74) is 1.22. The van der Waals surface area contributed by atoms with E-state index in [1.54, 1.807) is 0 Å². The van der Waals surface area contributed by atoms with Crippen LogP contribution >= 0.6 is 0 Å². The Kier molecular flexibility index (Phi) is 6.21. The van der Waals surface area contributed by atoms with Crippen molar-refractivity contribution in [1.82, 2.24) is 0 Å². The summed E-state index contributed by atoms with van der Waals surface area (Å²) in [5, 5.41) is 0. The molecule has 18 heavy (non-hydrogen) atoms. The van der Waals surface area contributed by atoms with Crippen molar-refractivity contribution in [1.29, 1.82) is 0 Å². The fraction of sp³-hybridized carbons (Fsp3) is 1.00. The van der Waals surface area contributed by atoms with E-state index in [0.29, 0.717) is 10.8 Å². The van der Waals surface area contributed by atoms with E-state index in [-0.39, 0.29) is 0 Å². The Morgan fingerprint density at radius 1 is 0.778 bits per heavy atom. The maximum Gasteiger partial charge on any atom is -0.0303 e. The lowest BCUT2D eigenvalue weighted by atomic mass is 9.70. The van der Waals surface area contributed by atoms with Gasteiger partial charge in [-0.2, -0.15) is 0 Å². The van der Waals surface area contributed by atoms with Crippen LogP contribution in [0.4, 0.5) is 0 Å². The molecule has 0 aliphatic heterocycles. The van der Waals surface area contributed by atoms with Gasteiger partial charge in [0.1, 0.15) is 0 Å². The zero-order valence-corrected chi connectivity index (χ0v) is 13.6. The summed E-state index contributed by atoms with van der Waals surface area (Å²) in [6, 6.07) is 0. The fourth-order valence-corrected chi connectivity index (χ4v) is 3.53. The summed E-state index contributed by atoms with van der Waals surface area (Å²) >= 11 is 0. The standard InChI is InChI=1S/C18H36/c1-6-17(4)12-9-7-8-10-14-18(5,16(2)3)15-11-13-17/h16H,6-15H2,1-5H3. The second kappa shape index (κ2) is 6.96.